The van der Waals surface area contributed by atoms with Crippen molar-refractivity contribution in [2.24, 2.45) is 11.7 Å². The molecule has 1 fully saturated rings. The molecule has 1 unspecified atom stereocenters. The molecule has 1 atom stereocenters. The van der Waals surface area contributed by atoms with Crippen LogP contribution in [0, 0.1) is 5.92 Å². The van der Waals surface area contributed by atoms with Gasteiger partial charge < -0.3 is 10.6 Å². The Kier molecular flexibility index (Phi) is 4.07. The van der Waals surface area contributed by atoms with E-state index >= 15 is 0 Å². The molecule has 1 aromatic rings. The van der Waals surface area contributed by atoms with Crippen LogP contribution in [0.2, 0.25) is 0 Å². The van der Waals surface area contributed by atoms with Gasteiger partial charge in [0.1, 0.15) is 0 Å². The zero-order chi connectivity index (χ0) is 12.3. The minimum Gasteiger partial charge on any atom is -0.338 e. The van der Waals surface area contributed by atoms with Crippen molar-refractivity contribution in [2.75, 3.05) is 19.3 Å². The van der Waals surface area contributed by atoms with Crippen molar-refractivity contribution in [3.8, 4) is 0 Å². The maximum absolute atomic E-state index is 11.7. The summed E-state index contributed by atoms with van der Waals surface area (Å²) >= 11 is 1.73. The van der Waals surface area contributed by atoms with E-state index in [1.54, 1.807) is 11.8 Å². The lowest BCUT2D eigenvalue weighted by Gasteiger charge is -2.16. The fraction of sp³-hybridized carbons (Fsp3) is 0.462. The van der Waals surface area contributed by atoms with E-state index in [1.807, 2.05) is 4.90 Å². The summed E-state index contributed by atoms with van der Waals surface area (Å²) in [7, 11) is 0. The molecule has 2 N–H and O–H groups in total. The summed E-state index contributed by atoms with van der Waals surface area (Å²) in [6.45, 7) is 2.12. The van der Waals surface area contributed by atoms with Gasteiger partial charge in [-0.3, -0.25) is 4.79 Å². The van der Waals surface area contributed by atoms with Crippen LogP contribution >= 0.6 is 11.8 Å². The van der Waals surface area contributed by atoms with E-state index in [1.165, 1.54) is 10.5 Å². The fourth-order valence-corrected chi connectivity index (χ4v) is 2.52. The maximum atomic E-state index is 11.7. The Balaban J connectivity index is 1.98. The molecule has 0 bridgehead atoms. The minimum absolute atomic E-state index is 0.231. The van der Waals surface area contributed by atoms with Gasteiger partial charge in [-0.25, -0.2) is 0 Å². The van der Waals surface area contributed by atoms with Gasteiger partial charge in [0.15, 0.2) is 0 Å². The van der Waals surface area contributed by atoms with Gasteiger partial charge in [-0.1, -0.05) is 12.1 Å². The van der Waals surface area contributed by atoms with Gasteiger partial charge in [-0.2, -0.15) is 0 Å². The van der Waals surface area contributed by atoms with Gasteiger partial charge in [-0.15, -0.1) is 11.8 Å². The van der Waals surface area contributed by atoms with E-state index in [0.29, 0.717) is 25.4 Å². The Bertz CT molecular complexity index is 391. The van der Waals surface area contributed by atoms with Crippen LogP contribution in [0.1, 0.15) is 12.0 Å². The summed E-state index contributed by atoms with van der Waals surface area (Å²) in [5, 5.41) is 0. The number of carbonyl (C=O) groups is 1. The number of nitrogens with zero attached hydrogens (tertiary/aromatic N) is 1. The van der Waals surface area contributed by atoms with Crippen molar-refractivity contribution in [1.82, 2.24) is 4.90 Å². The molecule has 0 saturated carbocycles. The predicted molar refractivity (Wildman–Crippen MR) is 70.8 cm³/mol. The molecule has 1 aromatic carbocycles. The lowest BCUT2D eigenvalue weighted by atomic mass is 10.1. The minimum atomic E-state index is 0.231. The van der Waals surface area contributed by atoms with Crippen LogP contribution in [-0.4, -0.2) is 30.2 Å². The second kappa shape index (κ2) is 5.56. The van der Waals surface area contributed by atoms with Crippen molar-refractivity contribution >= 4 is 17.7 Å². The van der Waals surface area contributed by atoms with E-state index < -0.39 is 0 Å². The number of hydrogen-bond acceptors (Lipinski definition) is 3. The number of likely N-dealkylation sites (tertiary alicyclic amines) is 1. The first-order chi connectivity index (χ1) is 8.22. The lowest BCUT2D eigenvalue weighted by Crippen LogP contribution is -2.25. The Morgan fingerprint density at radius 1 is 1.41 bits per heavy atom. The first-order valence-corrected chi connectivity index (χ1v) is 7.06. The molecule has 17 heavy (non-hydrogen) atoms. The highest BCUT2D eigenvalue weighted by Crippen LogP contribution is 2.20. The third-order valence-corrected chi connectivity index (χ3v) is 3.90. The van der Waals surface area contributed by atoms with Gasteiger partial charge >= 0.3 is 0 Å². The fourth-order valence-electron chi connectivity index (χ4n) is 2.12. The van der Waals surface area contributed by atoms with Crippen LogP contribution in [-0.2, 0) is 11.3 Å². The van der Waals surface area contributed by atoms with Crippen LogP contribution in [0.15, 0.2) is 29.2 Å². The van der Waals surface area contributed by atoms with Crippen molar-refractivity contribution in [3.05, 3.63) is 29.8 Å². The standard InChI is InChI=1S/C13H18N2OS/c1-17-12-4-2-10(3-5-12)8-15-9-11(7-14)6-13(15)16/h2-5,11H,6-9,14H2,1H3. The summed E-state index contributed by atoms with van der Waals surface area (Å²) in [5.74, 6) is 0.572. The van der Waals surface area contributed by atoms with Crippen LogP contribution in [0.4, 0.5) is 0 Å². The number of benzene rings is 1. The highest BCUT2D eigenvalue weighted by Gasteiger charge is 2.28. The predicted octanol–water partition coefficient (Wildman–Crippen LogP) is 1.72. The first-order valence-electron chi connectivity index (χ1n) is 5.83. The number of rotatable bonds is 4. The van der Waals surface area contributed by atoms with E-state index in [0.717, 1.165) is 6.54 Å². The van der Waals surface area contributed by atoms with Crippen molar-refractivity contribution in [1.29, 1.82) is 0 Å². The van der Waals surface area contributed by atoms with Crippen LogP contribution in [0.3, 0.4) is 0 Å². The molecular formula is C13H18N2OS. The van der Waals surface area contributed by atoms with Gasteiger partial charge in [0.25, 0.3) is 0 Å². The molecule has 3 nitrogen and oxygen atoms in total. The van der Waals surface area contributed by atoms with Gasteiger partial charge in [-0.05, 0) is 36.4 Å². The molecule has 0 aromatic heterocycles. The van der Waals surface area contributed by atoms with Crippen molar-refractivity contribution in [2.45, 2.75) is 17.9 Å². The highest BCUT2D eigenvalue weighted by molar-refractivity contribution is 7.98. The molecule has 4 heteroatoms. The molecule has 1 aliphatic rings. The van der Waals surface area contributed by atoms with E-state index in [2.05, 4.69) is 30.5 Å². The van der Waals surface area contributed by atoms with Gasteiger partial charge in [0.2, 0.25) is 5.91 Å². The molecular weight excluding hydrogens is 232 g/mol. The van der Waals surface area contributed by atoms with Crippen LogP contribution in [0.5, 0.6) is 0 Å². The molecule has 2 rings (SSSR count). The van der Waals surface area contributed by atoms with Crippen molar-refractivity contribution < 1.29 is 4.79 Å². The second-order valence-corrected chi connectivity index (χ2v) is 5.31. The number of nitrogens with two attached hydrogens (primary N) is 1. The largest absolute Gasteiger partial charge is 0.338 e. The third-order valence-electron chi connectivity index (χ3n) is 3.16. The van der Waals surface area contributed by atoms with Gasteiger partial charge in [0.05, 0.1) is 0 Å². The number of carbonyl (C=O) groups excluding carboxylic acids is 1. The van der Waals surface area contributed by atoms with Gasteiger partial charge in [0, 0.05) is 24.4 Å². The third kappa shape index (κ3) is 3.01. The molecule has 1 saturated heterocycles. The molecule has 1 heterocycles. The summed E-state index contributed by atoms with van der Waals surface area (Å²) in [4.78, 5) is 14.9. The number of thioether (sulfide) groups is 1. The summed E-state index contributed by atoms with van der Waals surface area (Å²) < 4.78 is 0. The molecule has 1 aliphatic heterocycles. The Morgan fingerprint density at radius 3 is 2.65 bits per heavy atom. The average molecular weight is 250 g/mol. The second-order valence-electron chi connectivity index (χ2n) is 4.43. The van der Waals surface area contributed by atoms with Crippen molar-refractivity contribution in [3.63, 3.8) is 0 Å². The number of hydrogen-bond donors (Lipinski definition) is 1. The SMILES string of the molecule is CSc1ccc(CN2CC(CN)CC2=O)cc1. The first kappa shape index (κ1) is 12.5. The summed E-state index contributed by atoms with van der Waals surface area (Å²) in [5.41, 5.74) is 6.80. The topological polar surface area (TPSA) is 46.3 Å². The Labute approximate surface area is 106 Å². The molecule has 0 spiro atoms. The van der Waals surface area contributed by atoms with Crippen LogP contribution < -0.4 is 5.73 Å². The quantitative estimate of drug-likeness (QED) is 0.828. The summed E-state index contributed by atoms with van der Waals surface area (Å²) in [6.07, 6.45) is 2.67. The normalized spacial score (nSPS) is 20.0. The zero-order valence-electron chi connectivity index (χ0n) is 10.1. The monoisotopic (exact) mass is 250 g/mol. The number of amides is 1. The highest BCUT2D eigenvalue weighted by atomic mass is 32.2. The molecule has 92 valence electrons. The average Bonchev–Trinajstić information content (AvgIpc) is 2.71. The summed E-state index contributed by atoms with van der Waals surface area (Å²) in [6, 6.07) is 8.38. The Morgan fingerprint density at radius 2 is 2.12 bits per heavy atom. The smallest absolute Gasteiger partial charge is 0.223 e. The van der Waals surface area contributed by atoms with Crippen LogP contribution in [0.25, 0.3) is 0 Å². The lowest BCUT2D eigenvalue weighted by molar-refractivity contribution is -0.128. The molecule has 1 amide bonds. The van der Waals surface area contributed by atoms with E-state index in [9.17, 15) is 4.79 Å². The van der Waals surface area contributed by atoms with E-state index in [-0.39, 0.29) is 5.91 Å². The zero-order valence-corrected chi connectivity index (χ0v) is 10.9. The Hall–Kier alpha value is -1.00. The molecule has 0 radical (unpaired) electrons. The molecule has 0 aliphatic carbocycles. The maximum Gasteiger partial charge on any atom is 0.223 e. The van der Waals surface area contributed by atoms with E-state index in [4.69, 9.17) is 5.73 Å².